The van der Waals surface area contributed by atoms with Gasteiger partial charge in [0.15, 0.2) is 0 Å². The zero-order chi connectivity index (χ0) is 10.6. The predicted octanol–water partition coefficient (Wildman–Crippen LogP) is 2.51. The lowest BCUT2D eigenvalue weighted by Crippen LogP contribution is -2.19. The minimum Gasteiger partial charge on any atom is -0.328 e. The van der Waals surface area contributed by atoms with Gasteiger partial charge in [0.05, 0.1) is 0 Å². The summed E-state index contributed by atoms with van der Waals surface area (Å²) in [7, 11) is 0. The number of rotatable bonds is 5. The lowest BCUT2D eigenvalue weighted by Gasteiger charge is -2.14. The molecule has 2 heteroatoms. The van der Waals surface area contributed by atoms with Gasteiger partial charge in [0, 0.05) is 18.4 Å². The Morgan fingerprint density at radius 1 is 1.36 bits per heavy atom. The minimum absolute atomic E-state index is 0.283. The Bertz CT molecular complexity index is 187. The van der Waals surface area contributed by atoms with E-state index in [0.717, 1.165) is 38.5 Å². The van der Waals surface area contributed by atoms with Crippen LogP contribution in [0.3, 0.4) is 0 Å². The molecule has 0 aromatic heterocycles. The Kier molecular flexibility index (Phi) is 4.59. The average molecular weight is 197 g/mol. The maximum atomic E-state index is 11.9. The van der Waals surface area contributed by atoms with Crippen molar-refractivity contribution in [1.29, 1.82) is 0 Å². The molecule has 0 heterocycles. The van der Waals surface area contributed by atoms with Crippen LogP contribution in [-0.2, 0) is 4.79 Å². The van der Waals surface area contributed by atoms with Gasteiger partial charge in [0.2, 0.25) is 0 Å². The molecule has 0 amide bonds. The third-order valence-electron chi connectivity index (χ3n) is 3.57. The Labute approximate surface area is 87.2 Å². The SMILES string of the molecule is CCC(CC)CC(=O)C1CCC(N)C1. The Morgan fingerprint density at radius 2 is 2.00 bits per heavy atom. The van der Waals surface area contributed by atoms with Crippen LogP contribution in [0.5, 0.6) is 0 Å². The zero-order valence-electron chi connectivity index (χ0n) is 9.46. The van der Waals surface area contributed by atoms with Gasteiger partial charge in [-0.2, -0.15) is 0 Å². The predicted molar refractivity (Wildman–Crippen MR) is 59.0 cm³/mol. The second-order valence-electron chi connectivity index (χ2n) is 4.62. The summed E-state index contributed by atoms with van der Waals surface area (Å²) in [6.07, 6.45) is 6.03. The monoisotopic (exact) mass is 197 g/mol. The summed E-state index contributed by atoms with van der Waals surface area (Å²) < 4.78 is 0. The smallest absolute Gasteiger partial charge is 0.136 e. The van der Waals surface area contributed by atoms with Crippen LogP contribution in [-0.4, -0.2) is 11.8 Å². The van der Waals surface area contributed by atoms with E-state index >= 15 is 0 Å². The second kappa shape index (κ2) is 5.50. The molecule has 0 spiro atoms. The molecule has 0 saturated heterocycles. The molecule has 82 valence electrons. The minimum atomic E-state index is 0.283. The first-order valence-corrected chi connectivity index (χ1v) is 5.95. The van der Waals surface area contributed by atoms with E-state index in [2.05, 4.69) is 13.8 Å². The van der Waals surface area contributed by atoms with Gasteiger partial charge in [-0.3, -0.25) is 4.79 Å². The number of carbonyl (C=O) groups is 1. The van der Waals surface area contributed by atoms with Crippen molar-refractivity contribution >= 4 is 5.78 Å². The molecule has 2 unspecified atom stereocenters. The molecule has 1 aliphatic carbocycles. The number of nitrogens with two attached hydrogens (primary N) is 1. The maximum Gasteiger partial charge on any atom is 0.136 e. The van der Waals surface area contributed by atoms with E-state index in [9.17, 15) is 4.79 Å². The second-order valence-corrected chi connectivity index (χ2v) is 4.62. The molecule has 0 bridgehead atoms. The Morgan fingerprint density at radius 3 is 2.43 bits per heavy atom. The summed E-state index contributed by atoms with van der Waals surface area (Å²) in [6.45, 7) is 4.34. The lowest BCUT2D eigenvalue weighted by molar-refractivity contribution is -0.123. The van der Waals surface area contributed by atoms with Crippen molar-refractivity contribution in [3.63, 3.8) is 0 Å². The van der Waals surface area contributed by atoms with Gasteiger partial charge < -0.3 is 5.73 Å². The molecule has 0 aromatic rings. The molecule has 0 aromatic carbocycles. The van der Waals surface area contributed by atoms with E-state index in [1.807, 2.05) is 0 Å². The highest BCUT2D eigenvalue weighted by Gasteiger charge is 2.28. The van der Waals surface area contributed by atoms with E-state index in [1.165, 1.54) is 0 Å². The summed E-state index contributed by atoms with van der Waals surface area (Å²) >= 11 is 0. The molecular weight excluding hydrogens is 174 g/mol. The fraction of sp³-hybridized carbons (Fsp3) is 0.917. The Hall–Kier alpha value is -0.370. The first kappa shape index (κ1) is 11.7. The van der Waals surface area contributed by atoms with Crippen LogP contribution in [0.15, 0.2) is 0 Å². The molecular formula is C12H23NO. The molecule has 2 nitrogen and oxygen atoms in total. The summed E-state index contributed by atoms with van der Waals surface area (Å²) in [5.41, 5.74) is 5.81. The molecule has 2 N–H and O–H groups in total. The highest BCUT2D eigenvalue weighted by Crippen LogP contribution is 2.28. The highest BCUT2D eigenvalue weighted by atomic mass is 16.1. The molecule has 2 atom stereocenters. The van der Waals surface area contributed by atoms with Gasteiger partial charge in [-0.1, -0.05) is 26.7 Å². The topological polar surface area (TPSA) is 43.1 Å². The number of hydrogen-bond acceptors (Lipinski definition) is 2. The molecule has 0 aliphatic heterocycles. The van der Waals surface area contributed by atoms with E-state index < -0.39 is 0 Å². The number of ketones is 1. The van der Waals surface area contributed by atoms with Crippen molar-refractivity contribution < 1.29 is 4.79 Å². The molecule has 14 heavy (non-hydrogen) atoms. The summed E-state index contributed by atoms with van der Waals surface area (Å²) in [5, 5.41) is 0. The van der Waals surface area contributed by atoms with Crippen molar-refractivity contribution in [3.8, 4) is 0 Å². The lowest BCUT2D eigenvalue weighted by atomic mass is 9.90. The number of carbonyl (C=O) groups excluding carboxylic acids is 1. The van der Waals surface area contributed by atoms with Crippen LogP contribution in [0.25, 0.3) is 0 Å². The standard InChI is InChI=1S/C12H23NO/c1-3-9(4-2)7-12(14)10-5-6-11(13)8-10/h9-11H,3-8,13H2,1-2H3. The van der Waals surface area contributed by atoms with Gasteiger partial charge in [-0.25, -0.2) is 0 Å². The molecule has 0 radical (unpaired) electrons. The van der Waals surface area contributed by atoms with Gasteiger partial charge in [-0.15, -0.1) is 0 Å². The van der Waals surface area contributed by atoms with Crippen molar-refractivity contribution in [2.24, 2.45) is 17.6 Å². The van der Waals surface area contributed by atoms with Gasteiger partial charge in [0.1, 0.15) is 5.78 Å². The maximum absolute atomic E-state index is 11.9. The van der Waals surface area contributed by atoms with Crippen molar-refractivity contribution in [3.05, 3.63) is 0 Å². The van der Waals surface area contributed by atoms with Crippen molar-refractivity contribution in [2.75, 3.05) is 0 Å². The van der Waals surface area contributed by atoms with Crippen LogP contribution in [0.1, 0.15) is 52.4 Å². The number of Topliss-reactive ketones (excluding diaryl/α,β-unsaturated/α-hetero) is 1. The third-order valence-corrected chi connectivity index (χ3v) is 3.57. The number of hydrogen-bond donors (Lipinski definition) is 1. The van der Waals surface area contributed by atoms with Crippen molar-refractivity contribution in [2.45, 2.75) is 58.4 Å². The van der Waals surface area contributed by atoms with Crippen LogP contribution in [0.4, 0.5) is 0 Å². The first-order chi connectivity index (χ1) is 6.67. The summed E-state index contributed by atoms with van der Waals surface area (Å²) in [5.74, 6) is 1.34. The van der Waals surface area contributed by atoms with E-state index in [4.69, 9.17) is 5.73 Å². The first-order valence-electron chi connectivity index (χ1n) is 5.95. The van der Waals surface area contributed by atoms with Crippen LogP contribution in [0.2, 0.25) is 0 Å². The quantitative estimate of drug-likeness (QED) is 0.736. The summed E-state index contributed by atoms with van der Waals surface area (Å²) in [6, 6.07) is 0.283. The third kappa shape index (κ3) is 3.09. The molecule has 1 fully saturated rings. The fourth-order valence-corrected chi connectivity index (χ4v) is 2.34. The van der Waals surface area contributed by atoms with Gasteiger partial charge >= 0.3 is 0 Å². The summed E-state index contributed by atoms with van der Waals surface area (Å²) in [4.78, 5) is 11.9. The molecule has 1 rings (SSSR count). The Balaban J connectivity index is 2.34. The van der Waals surface area contributed by atoms with Crippen molar-refractivity contribution in [1.82, 2.24) is 0 Å². The van der Waals surface area contributed by atoms with E-state index in [1.54, 1.807) is 0 Å². The molecule has 1 aliphatic rings. The van der Waals surface area contributed by atoms with Gasteiger partial charge in [0.25, 0.3) is 0 Å². The van der Waals surface area contributed by atoms with Crippen LogP contribution >= 0.6 is 0 Å². The highest BCUT2D eigenvalue weighted by molar-refractivity contribution is 5.81. The van der Waals surface area contributed by atoms with Crippen LogP contribution < -0.4 is 5.73 Å². The fourth-order valence-electron chi connectivity index (χ4n) is 2.34. The van der Waals surface area contributed by atoms with E-state index in [-0.39, 0.29) is 12.0 Å². The largest absolute Gasteiger partial charge is 0.328 e. The van der Waals surface area contributed by atoms with Gasteiger partial charge in [-0.05, 0) is 25.2 Å². The van der Waals surface area contributed by atoms with E-state index in [0.29, 0.717) is 11.7 Å². The zero-order valence-corrected chi connectivity index (χ0v) is 9.46. The average Bonchev–Trinajstić information content (AvgIpc) is 2.61. The van der Waals surface area contributed by atoms with Crippen LogP contribution in [0, 0.1) is 11.8 Å². The molecule has 1 saturated carbocycles. The normalized spacial score (nSPS) is 27.1.